The van der Waals surface area contributed by atoms with E-state index in [1.54, 1.807) is 18.6 Å². The van der Waals surface area contributed by atoms with Gasteiger partial charge in [0.25, 0.3) is 5.94 Å². The zero-order valence-corrected chi connectivity index (χ0v) is 18.3. The monoisotopic (exact) mass is 456 g/mol. The van der Waals surface area contributed by atoms with E-state index in [9.17, 15) is 4.55 Å². The average molecular weight is 457 g/mol. The van der Waals surface area contributed by atoms with Crippen molar-refractivity contribution in [1.82, 2.24) is 15.0 Å². The summed E-state index contributed by atoms with van der Waals surface area (Å²) in [4.78, 5) is 16.1. The largest absolute Gasteiger partial charge is 0.609 e. The topological polar surface area (TPSA) is 83.4 Å². The lowest BCUT2D eigenvalue weighted by molar-refractivity contribution is 0.208. The molecule has 7 nitrogen and oxygen atoms in total. The highest BCUT2D eigenvalue weighted by molar-refractivity contribution is 7.91. The molecule has 0 amide bonds. The molecule has 4 heterocycles. The summed E-state index contributed by atoms with van der Waals surface area (Å²) in [5.41, 5.74) is 1.78. The second kappa shape index (κ2) is 8.90. The van der Waals surface area contributed by atoms with Crippen molar-refractivity contribution in [3.05, 3.63) is 53.9 Å². The molecule has 1 fully saturated rings. The van der Waals surface area contributed by atoms with Crippen LogP contribution in [0.2, 0.25) is 5.02 Å². The Hall–Kier alpha value is -2.55. The smallest absolute Gasteiger partial charge is 0.316 e. The molecule has 2 aliphatic heterocycles. The first-order chi connectivity index (χ1) is 15.2. The highest BCUT2D eigenvalue weighted by atomic mass is 35.5. The van der Waals surface area contributed by atoms with Crippen LogP contribution < -0.4 is 14.4 Å². The average Bonchev–Trinajstić information content (AvgIpc) is 3.19. The fraction of sp³-hybridized carbons (Fsp3) is 0.318. The lowest BCUT2D eigenvalue weighted by atomic mass is 9.98. The number of nitrogens with zero attached hydrogens (tertiary/aromatic N) is 4. The maximum atomic E-state index is 11.8. The molecule has 2 aromatic heterocycles. The van der Waals surface area contributed by atoms with Crippen molar-refractivity contribution in [2.75, 3.05) is 30.5 Å². The second-order valence-corrected chi connectivity index (χ2v) is 9.40. The number of hydrogen-bond acceptors (Lipinski definition) is 7. The number of fused-ring (bicyclic) bond motifs is 1. The quantitative estimate of drug-likeness (QED) is 0.537. The maximum Gasteiger partial charge on any atom is 0.316 e. The molecule has 2 aliphatic rings. The number of ether oxygens (including phenoxy) is 2. The molecule has 160 valence electrons. The molecule has 0 N–H and O–H groups in total. The molecule has 0 spiro atoms. The fourth-order valence-corrected chi connectivity index (χ4v) is 4.82. The molecule has 1 aromatic carbocycles. The Balaban J connectivity index is 1.14. The highest BCUT2D eigenvalue weighted by Crippen LogP contribution is 2.35. The van der Waals surface area contributed by atoms with E-state index in [4.69, 9.17) is 21.1 Å². The zero-order valence-electron chi connectivity index (χ0n) is 16.7. The first kappa shape index (κ1) is 20.4. The third-order valence-electron chi connectivity index (χ3n) is 5.57. The van der Waals surface area contributed by atoms with Gasteiger partial charge in [-0.3, -0.25) is 0 Å². The first-order valence-electron chi connectivity index (χ1n) is 10.1. The lowest BCUT2D eigenvalue weighted by Gasteiger charge is -2.32. The summed E-state index contributed by atoms with van der Waals surface area (Å²) >= 11 is 4.85. The van der Waals surface area contributed by atoms with Crippen molar-refractivity contribution in [2.45, 2.75) is 17.7 Å². The highest BCUT2D eigenvalue weighted by Gasteiger charge is 2.26. The lowest BCUT2D eigenvalue weighted by Crippen LogP contribution is -2.36. The minimum absolute atomic E-state index is 0.219. The van der Waals surface area contributed by atoms with Crippen LogP contribution in [0.1, 0.15) is 12.8 Å². The van der Waals surface area contributed by atoms with E-state index < -0.39 is 11.2 Å². The fourth-order valence-electron chi connectivity index (χ4n) is 3.78. The number of benzene rings is 1. The maximum absolute atomic E-state index is 11.8. The van der Waals surface area contributed by atoms with Crippen molar-refractivity contribution in [1.29, 1.82) is 0 Å². The molecule has 0 aliphatic carbocycles. The molecule has 1 saturated heterocycles. The molecule has 3 aromatic rings. The predicted molar refractivity (Wildman–Crippen MR) is 119 cm³/mol. The number of hydrogen-bond donors (Lipinski definition) is 0. The van der Waals surface area contributed by atoms with Gasteiger partial charge in [0.05, 0.1) is 11.6 Å². The molecule has 0 bridgehead atoms. The summed E-state index contributed by atoms with van der Waals surface area (Å²) < 4.78 is 23.1. The van der Waals surface area contributed by atoms with Crippen molar-refractivity contribution < 1.29 is 14.0 Å². The summed E-state index contributed by atoms with van der Waals surface area (Å²) in [7, 11) is 0. The van der Waals surface area contributed by atoms with Gasteiger partial charge >= 0.3 is 6.01 Å². The minimum Gasteiger partial charge on any atom is -0.609 e. The number of rotatable bonds is 5. The van der Waals surface area contributed by atoms with Crippen LogP contribution in [0.25, 0.3) is 11.1 Å². The van der Waals surface area contributed by atoms with E-state index in [-0.39, 0.29) is 5.94 Å². The molecule has 1 atom stereocenters. The van der Waals surface area contributed by atoms with E-state index in [1.165, 1.54) is 0 Å². The van der Waals surface area contributed by atoms with Crippen molar-refractivity contribution >= 4 is 28.6 Å². The summed E-state index contributed by atoms with van der Waals surface area (Å²) in [5.74, 6) is 2.31. The summed E-state index contributed by atoms with van der Waals surface area (Å²) in [5, 5.41) is 0.652. The third-order valence-corrected chi connectivity index (χ3v) is 6.95. The van der Waals surface area contributed by atoms with Crippen molar-refractivity contribution in [3.63, 3.8) is 0 Å². The van der Waals surface area contributed by atoms with E-state index in [2.05, 4.69) is 19.9 Å². The summed E-state index contributed by atoms with van der Waals surface area (Å²) in [6.07, 6.45) is 7.22. The van der Waals surface area contributed by atoms with Gasteiger partial charge in [0.2, 0.25) is 0 Å². The van der Waals surface area contributed by atoms with Gasteiger partial charge in [0, 0.05) is 48.4 Å². The Bertz CT molecular complexity index is 1040. The molecule has 5 rings (SSSR count). The van der Waals surface area contributed by atoms with Gasteiger partial charge in [0.15, 0.2) is 10.6 Å². The van der Waals surface area contributed by atoms with Gasteiger partial charge < -0.3 is 18.9 Å². The Morgan fingerprint density at radius 3 is 2.61 bits per heavy atom. The SMILES string of the molecule is [O-][S@@+]1COc2cc(-c3cnc(OCC4CCN(c5ccc(Cl)cn5)CC4)nc3)ccc21. The Labute approximate surface area is 188 Å². The second-order valence-electron chi connectivity index (χ2n) is 7.60. The van der Waals surface area contributed by atoms with Crippen LogP contribution in [0.15, 0.2) is 53.8 Å². The van der Waals surface area contributed by atoms with Crippen LogP contribution in [0.5, 0.6) is 11.8 Å². The van der Waals surface area contributed by atoms with Crippen LogP contribution in [0.3, 0.4) is 0 Å². The van der Waals surface area contributed by atoms with Crippen LogP contribution in [-0.2, 0) is 11.2 Å². The van der Waals surface area contributed by atoms with E-state index >= 15 is 0 Å². The van der Waals surface area contributed by atoms with Crippen molar-refractivity contribution in [3.8, 4) is 22.9 Å². The van der Waals surface area contributed by atoms with E-state index in [0.29, 0.717) is 29.3 Å². The molecule has 31 heavy (non-hydrogen) atoms. The number of piperidine rings is 1. The number of anilines is 1. The Morgan fingerprint density at radius 1 is 1.06 bits per heavy atom. The Kier molecular flexibility index (Phi) is 5.85. The molecule has 0 radical (unpaired) electrons. The molecular weight excluding hydrogens is 436 g/mol. The predicted octanol–water partition coefficient (Wildman–Crippen LogP) is 3.94. The summed E-state index contributed by atoms with van der Waals surface area (Å²) in [6, 6.07) is 9.84. The van der Waals surface area contributed by atoms with E-state index in [1.807, 2.05) is 30.3 Å². The van der Waals surface area contributed by atoms with Gasteiger partial charge in [-0.15, -0.1) is 0 Å². The molecule has 0 unspecified atom stereocenters. The number of halogens is 1. The van der Waals surface area contributed by atoms with Crippen molar-refractivity contribution in [2.24, 2.45) is 5.92 Å². The van der Waals surface area contributed by atoms with Gasteiger partial charge in [-0.05, 0) is 54.7 Å². The van der Waals surface area contributed by atoms with Gasteiger partial charge in [-0.25, -0.2) is 15.0 Å². The van der Waals surface area contributed by atoms with Gasteiger partial charge in [-0.1, -0.05) is 11.6 Å². The van der Waals surface area contributed by atoms with E-state index in [0.717, 1.165) is 47.8 Å². The van der Waals surface area contributed by atoms with Crippen LogP contribution >= 0.6 is 11.6 Å². The van der Waals surface area contributed by atoms with Crippen LogP contribution in [0, 0.1) is 5.92 Å². The normalized spacial score (nSPS) is 18.5. The van der Waals surface area contributed by atoms with Crippen LogP contribution in [0.4, 0.5) is 5.82 Å². The third kappa shape index (κ3) is 4.56. The Morgan fingerprint density at radius 2 is 1.87 bits per heavy atom. The molecule has 9 heteroatoms. The number of aromatic nitrogens is 3. The molecule has 0 saturated carbocycles. The van der Waals surface area contributed by atoms with Gasteiger partial charge in [0.1, 0.15) is 5.82 Å². The first-order valence-corrected chi connectivity index (χ1v) is 11.8. The molecular formula is C22H21ClN4O3S. The van der Waals surface area contributed by atoms with Crippen LogP contribution in [-0.4, -0.2) is 45.1 Å². The minimum atomic E-state index is -1.07. The zero-order chi connectivity index (χ0) is 21.2. The number of pyridine rings is 1. The van der Waals surface area contributed by atoms with Gasteiger partial charge in [-0.2, -0.15) is 0 Å². The summed E-state index contributed by atoms with van der Waals surface area (Å²) in [6.45, 7) is 2.47. The standard InChI is InChI=1S/C22H21ClN4O3S/c23-18-2-4-21(24-12-18)27-7-5-15(6-8-27)13-29-22-25-10-17(11-26-22)16-1-3-20-19(9-16)30-14-31(20)28/h1-4,9-12,15H,5-8,13-14H2/t31-/m0/s1.